The van der Waals surface area contributed by atoms with E-state index in [9.17, 15) is 8.78 Å². The molecule has 1 fully saturated rings. The predicted octanol–water partition coefficient (Wildman–Crippen LogP) is 3.05. The van der Waals surface area contributed by atoms with E-state index in [0.29, 0.717) is 6.42 Å². The number of hydrogen-bond donors (Lipinski definition) is 0. The third kappa shape index (κ3) is 1.82. The van der Waals surface area contributed by atoms with E-state index in [2.05, 4.69) is 0 Å². The van der Waals surface area contributed by atoms with Crippen molar-refractivity contribution in [2.75, 3.05) is 0 Å². The molecule has 0 nitrogen and oxygen atoms in total. The molecule has 0 aliphatic heterocycles. The maximum atomic E-state index is 12.2. The minimum Gasteiger partial charge on any atom is -0.207 e. The smallest absolute Gasteiger partial charge is 0.207 e. The lowest BCUT2D eigenvalue weighted by atomic mass is 10.2. The summed E-state index contributed by atoms with van der Waals surface area (Å²) >= 11 is 5.69. The van der Waals surface area contributed by atoms with Crippen LogP contribution in [0, 0.1) is 5.92 Å². The predicted molar refractivity (Wildman–Crippen MR) is 37.6 cm³/mol. The normalized spacial score (nSPS) is 31.8. The summed E-state index contributed by atoms with van der Waals surface area (Å²) in [5.74, 6) is -2.81. The fourth-order valence-electron chi connectivity index (χ4n) is 1.00. The zero-order chi connectivity index (χ0) is 7.78. The van der Waals surface area contributed by atoms with Crippen LogP contribution < -0.4 is 0 Å². The van der Waals surface area contributed by atoms with E-state index in [4.69, 9.17) is 11.6 Å². The van der Waals surface area contributed by atoms with E-state index in [1.165, 1.54) is 0 Å². The molecule has 1 saturated carbocycles. The van der Waals surface area contributed by atoms with E-state index in [0.717, 1.165) is 6.42 Å². The number of rotatable bonds is 3. The monoisotopic (exact) mass is 168 g/mol. The van der Waals surface area contributed by atoms with E-state index in [-0.39, 0.29) is 11.8 Å². The molecule has 0 heterocycles. The molecule has 0 radical (unpaired) electrons. The van der Waals surface area contributed by atoms with Crippen LogP contribution in [-0.2, 0) is 0 Å². The van der Waals surface area contributed by atoms with Gasteiger partial charge in [-0.2, -0.15) is 0 Å². The summed E-state index contributed by atoms with van der Waals surface area (Å²) < 4.78 is 24.5. The van der Waals surface area contributed by atoms with Crippen molar-refractivity contribution >= 4 is 11.6 Å². The van der Waals surface area contributed by atoms with Crippen molar-refractivity contribution in [2.45, 2.75) is 37.5 Å². The molecule has 3 heteroatoms. The standard InChI is InChI=1S/C7H11ClF2/c1-2-6(8)3-5-4-7(5,9)10/h5-6H,2-4H2,1H3. The van der Waals surface area contributed by atoms with Crippen molar-refractivity contribution in [3.8, 4) is 0 Å². The molecule has 1 aliphatic carbocycles. The van der Waals surface area contributed by atoms with Crippen molar-refractivity contribution in [3.05, 3.63) is 0 Å². The molecule has 60 valence electrons. The fraction of sp³-hybridized carbons (Fsp3) is 1.00. The van der Waals surface area contributed by atoms with Gasteiger partial charge in [-0.05, 0) is 12.8 Å². The van der Waals surface area contributed by atoms with Crippen molar-refractivity contribution in [3.63, 3.8) is 0 Å². The third-order valence-electron chi connectivity index (χ3n) is 1.94. The van der Waals surface area contributed by atoms with Crippen molar-refractivity contribution in [1.29, 1.82) is 0 Å². The highest BCUT2D eigenvalue weighted by Gasteiger charge is 2.56. The molecule has 10 heavy (non-hydrogen) atoms. The maximum absolute atomic E-state index is 12.2. The first-order valence-corrected chi connectivity index (χ1v) is 4.01. The fourth-order valence-corrected chi connectivity index (χ4v) is 1.22. The number of hydrogen-bond acceptors (Lipinski definition) is 0. The first kappa shape index (κ1) is 8.25. The van der Waals surface area contributed by atoms with Gasteiger partial charge in [0.25, 0.3) is 5.92 Å². The van der Waals surface area contributed by atoms with Gasteiger partial charge >= 0.3 is 0 Å². The van der Waals surface area contributed by atoms with Gasteiger partial charge in [0, 0.05) is 17.7 Å². The molecule has 2 unspecified atom stereocenters. The zero-order valence-corrected chi connectivity index (χ0v) is 6.67. The van der Waals surface area contributed by atoms with Gasteiger partial charge in [0.15, 0.2) is 0 Å². The van der Waals surface area contributed by atoms with Crippen LogP contribution in [-0.4, -0.2) is 11.3 Å². The molecule has 2 atom stereocenters. The largest absolute Gasteiger partial charge is 0.251 e. The topological polar surface area (TPSA) is 0 Å². The molecule has 0 N–H and O–H groups in total. The van der Waals surface area contributed by atoms with Gasteiger partial charge < -0.3 is 0 Å². The molecule has 0 aromatic heterocycles. The summed E-state index contributed by atoms with van der Waals surface area (Å²) in [7, 11) is 0. The highest BCUT2D eigenvalue weighted by molar-refractivity contribution is 6.20. The van der Waals surface area contributed by atoms with Crippen molar-refractivity contribution in [2.24, 2.45) is 5.92 Å². The summed E-state index contributed by atoms with van der Waals surface area (Å²) in [6, 6.07) is 0. The molecule has 0 bridgehead atoms. The Morgan fingerprint density at radius 3 is 2.50 bits per heavy atom. The number of halogens is 3. The second-order valence-corrected chi connectivity index (χ2v) is 3.52. The molecule has 0 aromatic carbocycles. The molecule has 1 aliphatic rings. The Bertz CT molecular complexity index is 125. The summed E-state index contributed by atoms with van der Waals surface area (Å²) in [5, 5.41) is -0.0571. The minimum atomic E-state index is -2.39. The Kier molecular flexibility index (Phi) is 2.18. The van der Waals surface area contributed by atoms with Crippen molar-refractivity contribution in [1.82, 2.24) is 0 Å². The Hall–Kier alpha value is 0.150. The summed E-state index contributed by atoms with van der Waals surface area (Å²) in [5.41, 5.74) is 0. The van der Waals surface area contributed by atoms with E-state index < -0.39 is 11.8 Å². The molecular formula is C7H11ClF2. The molecule has 0 saturated heterocycles. The van der Waals surface area contributed by atoms with Crippen molar-refractivity contribution < 1.29 is 8.78 Å². The van der Waals surface area contributed by atoms with E-state index in [1.54, 1.807) is 0 Å². The Labute approximate surface area is 64.6 Å². The van der Waals surface area contributed by atoms with E-state index >= 15 is 0 Å². The van der Waals surface area contributed by atoms with Crippen LogP contribution in [0.1, 0.15) is 26.2 Å². The van der Waals surface area contributed by atoms with Crippen LogP contribution in [0.15, 0.2) is 0 Å². The van der Waals surface area contributed by atoms with Crippen LogP contribution in [0.3, 0.4) is 0 Å². The van der Waals surface area contributed by atoms with Crippen LogP contribution in [0.25, 0.3) is 0 Å². The molecule has 0 spiro atoms. The highest BCUT2D eigenvalue weighted by Crippen LogP contribution is 2.51. The summed E-state index contributed by atoms with van der Waals surface area (Å²) in [4.78, 5) is 0. The van der Waals surface area contributed by atoms with Crippen LogP contribution in [0.5, 0.6) is 0 Å². The SMILES string of the molecule is CCC(Cl)CC1CC1(F)F. The molecule has 0 aromatic rings. The summed E-state index contributed by atoms with van der Waals surface area (Å²) in [6.45, 7) is 1.91. The van der Waals surface area contributed by atoms with Gasteiger partial charge in [-0.25, -0.2) is 8.78 Å². The lowest BCUT2D eigenvalue weighted by Crippen LogP contribution is -2.02. The zero-order valence-electron chi connectivity index (χ0n) is 5.91. The summed E-state index contributed by atoms with van der Waals surface area (Å²) in [6.07, 6.45) is 1.31. The first-order valence-electron chi connectivity index (χ1n) is 3.58. The Balaban J connectivity index is 2.17. The van der Waals surface area contributed by atoms with Gasteiger partial charge in [0.2, 0.25) is 0 Å². The highest BCUT2D eigenvalue weighted by atomic mass is 35.5. The first-order chi connectivity index (χ1) is 4.56. The molecule has 0 amide bonds. The minimum absolute atomic E-state index is 0.0518. The second-order valence-electron chi connectivity index (χ2n) is 2.90. The molecular weight excluding hydrogens is 158 g/mol. The lowest BCUT2D eigenvalue weighted by molar-refractivity contribution is 0.0968. The average molecular weight is 169 g/mol. The quantitative estimate of drug-likeness (QED) is 0.569. The lowest BCUT2D eigenvalue weighted by Gasteiger charge is -2.03. The van der Waals surface area contributed by atoms with Crippen LogP contribution >= 0.6 is 11.6 Å². The van der Waals surface area contributed by atoms with Gasteiger partial charge in [0.1, 0.15) is 0 Å². The Morgan fingerprint density at radius 1 is 1.70 bits per heavy atom. The van der Waals surface area contributed by atoms with Crippen LogP contribution in [0.2, 0.25) is 0 Å². The van der Waals surface area contributed by atoms with Gasteiger partial charge in [-0.15, -0.1) is 11.6 Å². The van der Waals surface area contributed by atoms with Gasteiger partial charge in [-0.3, -0.25) is 0 Å². The average Bonchev–Trinajstić information content (AvgIpc) is 2.40. The molecule has 1 rings (SSSR count). The number of alkyl halides is 3. The van der Waals surface area contributed by atoms with Gasteiger partial charge in [0.05, 0.1) is 0 Å². The van der Waals surface area contributed by atoms with E-state index in [1.807, 2.05) is 6.92 Å². The Morgan fingerprint density at radius 2 is 2.20 bits per heavy atom. The van der Waals surface area contributed by atoms with Crippen LogP contribution in [0.4, 0.5) is 8.78 Å². The maximum Gasteiger partial charge on any atom is 0.251 e. The van der Waals surface area contributed by atoms with Gasteiger partial charge in [-0.1, -0.05) is 6.92 Å². The third-order valence-corrected chi connectivity index (χ3v) is 2.43. The second kappa shape index (κ2) is 2.65.